The van der Waals surface area contributed by atoms with Gasteiger partial charge in [-0.2, -0.15) is 22.0 Å². The van der Waals surface area contributed by atoms with Crippen molar-refractivity contribution in [3.63, 3.8) is 0 Å². The van der Waals surface area contributed by atoms with Crippen LogP contribution in [0.3, 0.4) is 0 Å². The van der Waals surface area contributed by atoms with E-state index in [-0.39, 0.29) is 17.1 Å². The lowest BCUT2D eigenvalue weighted by Gasteiger charge is -2.20. The van der Waals surface area contributed by atoms with Gasteiger partial charge in [0.05, 0.1) is 12.7 Å². The Bertz CT molecular complexity index is 768. The Kier molecular flexibility index (Phi) is 4.96. The first-order valence-electron chi connectivity index (χ1n) is 6.67. The molecule has 2 aromatic carbocycles. The van der Waals surface area contributed by atoms with E-state index in [2.05, 4.69) is 4.74 Å². The molecule has 25 heavy (non-hydrogen) atoms. The SMILES string of the molecule is COC(=O)c1ccc(Oc2ccc(C(F)(F)C(F)(F)F)cc2)c(F)c1. The van der Waals surface area contributed by atoms with Crippen molar-refractivity contribution in [2.75, 3.05) is 7.11 Å². The van der Waals surface area contributed by atoms with Crippen LogP contribution < -0.4 is 4.74 Å². The fourth-order valence-corrected chi connectivity index (χ4v) is 1.85. The van der Waals surface area contributed by atoms with E-state index < -0.39 is 29.4 Å². The Balaban J connectivity index is 2.21. The molecule has 2 aromatic rings. The maximum atomic E-state index is 13.9. The minimum atomic E-state index is -5.73. The average molecular weight is 364 g/mol. The van der Waals surface area contributed by atoms with Gasteiger partial charge in [0.2, 0.25) is 0 Å². The molecule has 0 radical (unpaired) electrons. The van der Waals surface area contributed by atoms with Crippen molar-refractivity contribution >= 4 is 5.97 Å². The lowest BCUT2D eigenvalue weighted by molar-refractivity contribution is -0.289. The van der Waals surface area contributed by atoms with E-state index in [9.17, 15) is 31.1 Å². The number of carbonyl (C=O) groups excluding carboxylic acids is 1. The van der Waals surface area contributed by atoms with Gasteiger partial charge >= 0.3 is 18.1 Å². The van der Waals surface area contributed by atoms with Crippen LogP contribution in [0.25, 0.3) is 0 Å². The summed E-state index contributed by atoms with van der Waals surface area (Å²) in [5.41, 5.74) is -1.35. The van der Waals surface area contributed by atoms with Crippen molar-refractivity contribution in [1.82, 2.24) is 0 Å². The summed E-state index contributed by atoms with van der Waals surface area (Å²) in [6.45, 7) is 0. The Morgan fingerprint density at radius 3 is 2.04 bits per heavy atom. The highest BCUT2D eigenvalue weighted by Gasteiger charge is 2.58. The van der Waals surface area contributed by atoms with E-state index in [4.69, 9.17) is 4.74 Å². The van der Waals surface area contributed by atoms with Crippen molar-refractivity contribution in [1.29, 1.82) is 0 Å². The van der Waals surface area contributed by atoms with Crippen molar-refractivity contribution < 1.29 is 40.6 Å². The molecule has 0 fully saturated rings. The summed E-state index contributed by atoms with van der Waals surface area (Å²) in [5.74, 6) is -7.23. The number of ether oxygens (including phenoxy) is 2. The van der Waals surface area contributed by atoms with Gasteiger partial charge in [0.15, 0.2) is 11.6 Å². The van der Waals surface area contributed by atoms with Crippen LogP contribution in [0.2, 0.25) is 0 Å². The fraction of sp³-hybridized carbons (Fsp3) is 0.188. The Hall–Kier alpha value is -2.71. The summed E-state index contributed by atoms with van der Waals surface area (Å²) < 4.78 is 86.5. The molecule has 134 valence electrons. The molecule has 0 unspecified atom stereocenters. The van der Waals surface area contributed by atoms with E-state index in [1.165, 1.54) is 6.07 Å². The van der Waals surface area contributed by atoms with Gasteiger partial charge < -0.3 is 9.47 Å². The highest BCUT2D eigenvalue weighted by molar-refractivity contribution is 5.89. The number of benzene rings is 2. The van der Waals surface area contributed by atoms with Crippen molar-refractivity contribution in [3.05, 3.63) is 59.4 Å². The van der Waals surface area contributed by atoms with Crippen LogP contribution in [-0.4, -0.2) is 19.3 Å². The number of alkyl halides is 5. The van der Waals surface area contributed by atoms with Crippen LogP contribution in [0.4, 0.5) is 26.3 Å². The average Bonchev–Trinajstić information content (AvgIpc) is 2.55. The summed E-state index contributed by atoms with van der Waals surface area (Å²) in [6, 6.07) is 5.90. The van der Waals surface area contributed by atoms with Crippen LogP contribution in [-0.2, 0) is 10.7 Å². The van der Waals surface area contributed by atoms with E-state index >= 15 is 0 Å². The minimum absolute atomic E-state index is 0.0764. The molecule has 0 aliphatic carbocycles. The van der Waals surface area contributed by atoms with Gasteiger partial charge in [-0.15, -0.1) is 0 Å². The van der Waals surface area contributed by atoms with E-state index in [0.717, 1.165) is 31.4 Å². The number of rotatable bonds is 4. The number of esters is 1. The van der Waals surface area contributed by atoms with Gasteiger partial charge in [-0.1, -0.05) is 0 Å². The molecular formula is C16H10F6O3. The number of carbonyl (C=O) groups is 1. The van der Waals surface area contributed by atoms with Gasteiger partial charge in [-0.05, 0) is 42.5 Å². The summed E-state index contributed by atoms with van der Waals surface area (Å²) in [4.78, 5) is 11.3. The van der Waals surface area contributed by atoms with Crippen molar-refractivity contribution in [2.45, 2.75) is 12.1 Å². The molecule has 3 nitrogen and oxygen atoms in total. The van der Waals surface area contributed by atoms with Crippen LogP contribution in [0.15, 0.2) is 42.5 Å². The molecule has 0 saturated carbocycles. The molecule has 9 heteroatoms. The van der Waals surface area contributed by atoms with Gasteiger partial charge in [-0.25, -0.2) is 9.18 Å². The molecule has 0 amide bonds. The Morgan fingerprint density at radius 1 is 0.960 bits per heavy atom. The Morgan fingerprint density at radius 2 is 1.56 bits per heavy atom. The lowest BCUT2D eigenvalue weighted by Crippen LogP contribution is -2.33. The predicted molar refractivity (Wildman–Crippen MR) is 74.2 cm³/mol. The molecule has 0 aliphatic rings. The topological polar surface area (TPSA) is 35.5 Å². The number of hydrogen-bond donors (Lipinski definition) is 0. The van der Waals surface area contributed by atoms with Gasteiger partial charge in [0.25, 0.3) is 0 Å². The van der Waals surface area contributed by atoms with E-state index in [1.807, 2.05) is 0 Å². The molecule has 0 aliphatic heterocycles. The molecule has 0 bridgehead atoms. The van der Waals surface area contributed by atoms with Crippen LogP contribution in [0, 0.1) is 5.82 Å². The molecular weight excluding hydrogens is 354 g/mol. The summed E-state index contributed by atoms with van der Waals surface area (Å²) in [5, 5.41) is 0. The second-order valence-corrected chi connectivity index (χ2v) is 4.84. The normalized spacial score (nSPS) is 12.0. The molecule has 0 heterocycles. The van der Waals surface area contributed by atoms with E-state index in [1.54, 1.807) is 0 Å². The molecule has 0 saturated heterocycles. The number of halogens is 6. The van der Waals surface area contributed by atoms with Gasteiger partial charge in [-0.3, -0.25) is 0 Å². The minimum Gasteiger partial charge on any atom is -0.465 e. The van der Waals surface area contributed by atoms with E-state index in [0.29, 0.717) is 12.1 Å². The largest absolute Gasteiger partial charge is 0.465 e. The zero-order valence-electron chi connectivity index (χ0n) is 12.5. The van der Waals surface area contributed by atoms with Gasteiger partial charge in [0, 0.05) is 5.56 Å². The summed E-state index contributed by atoms with van der Waals surface area (Å²) >= 11 is 0. The highest BCUT2D eigenvalue weighted by atomic mass is 19.4. The fourth-order valence-electron chi connectivity index (χ4n) is 1.85. The second kappa shape index (κ2) is 6.66. The molecule has 0 N–H and O–H groups in total. The number of methoxy groups -OCH3 is 1. The molecule has 2 rings (SSSR count). The van der Waals surface area contributed by atoms with Crippen LogP contribution in [0.1, 0.15) is 15.9 Å². The highest BCUT2D eigenvalue weighted by Crippen LogP contribution is 2.44. The third kappa shape index (κ3) is 3.86. The summed E-state index contributed by atoms with van der Waals surface area (Å²) in [6.07, 6.45) is -5.73. The van der Waals surface area contributed by atoms with Crippen molar-refractivity contribution in [3.8, 4) is 11.5 Å². The van der Waals surface area contributed by atoms with Crippen molar-refractivity contribution in [2.24, 2.45) is 0 Å². The van der Waals surface area contributed by atoms with Crippen LogP contribution in [0.5, 0.6) is 11.5 Å². The second-order valence-electron chi connectivity index (χ2n) is 4.84. The number of hydrogen-bond acceptors (Lipinski definition) is 3. The van der Waals surface area contributed by atoms with Crippen LogP contribution >= 0.6 is 0 Å². The quantitative estimate of drug-likeness (QED) is 0.562. The molecule has 0 atom stereocenters. The predicted octanol–water partition coefficient (Wildman–Crippen LogP) is 5.06. The first-order valence-corrected chi connectivity index (χ1v) is 6.67. The van der Waals surface area contributed by atoms with Gasteiger partial charge in [0.1, 0.15) is 5.75 Å². The first-order chi connectivity index (χ1) is 11.6. The molecule has 0 aromatic heterocycles. The zero-order chi connectivity index (χ0) is 18.8. The monoisotopic (exact) mass is 364 g/mol. The maximum Gasteiger partial charge on any atom is 0.458 e. The maximum absolute atomic E-state index is 13.9. The summed E-state index contributed by atoms with van der Waals surface area (Å²) in [7, 11) is 1.11. The standard InChI is InChI=1S/C16H10F6O3/c1-24-14(23)9-2-7-13(12(17)8-9)25-11-5-3-10(4-6-11)15(18,19)16(20,21)22/h2-8H,1H3. The third-order valence-corrected chi connectivity index (χ3v) is 3.15. The Labute approximate surface area is 137 Å². The zero-order valence-corrected chi connectivity index (χ0v) is 12.5. The smallest absolute Gasteiger partial charge is 0.458 e. The first kappa shape index (κ1) is 18.6. The third-order valence-electron chi connectivity index (χ3n) is 3.15. The molecule has 0 spiro atoms. The lowest BCUT2D eigenvalue weighted by atomic mass is 10.1.